The van der Waals surface area contributed by atoms with Crippen LogP contribution in [0.2, 0.25) is 0 Å². The molecule has 2 N–H and O–H groups in total. The van der Waals surface area contributed by atoms with E-state index in [9.17, 15) is 19.8 Å². The SMILES string of the molecule is CC1=CCC[C@@]2(C)[C@@H](CC[C@@]2(O)CN2CCN(C(=O)c3ccco3)CC2)c2ccc(cc2C(=O)C2CCCCC2)C[C@@H](O)CC1. The van der Waals surface area contributed by atoms with Gasteiger partial charge in [-0.15, -0.1) is 0 Å². The van der Waals surface area contributed by atoms with Gasteiger partial charge in [0.05, 0.1) is 18.0 Å². The molecule has 0 spiro atoms. The molecule has 0 unspecified atom stereocenters. The van der Waals surface area contributed by atoms with E-state index in [1.165, 1.54) is 18.3 Å². The first-order chi connectivity index (χ1) is 21.7. The van der Waals surface area contributed by atoms with E-state index in [0.29, 0.717) is 57.7 Å². The van der Waals surface area contributed by atoms with Crippen molar-refractivity contribution in [3.05, 3.63) is 70.7 Å². The number of hydrogen-bond acceptors (Lipinski definition) is 6. The number of carbonyl (C=O) groups is 2. The van der Waals surface area contributed by atoms with Crippen LogP contribution < -0.4 is 0 Å². The quantitative estimate of drug-likeness (QED) is 0.293. The highest BCUT2D eigenvalue weighted by Crippen LogP contribution is 2.59. The number of nitrogens with zero attached hydrogens (tertiary/aromatic N) is 2. The zero-order valence-corrected chi connectivity index (χ0v) is 27.3. The third kappa shape index (κ3) is 6.72. The maximum atomic E-state index is 14.2. The van der Waals surface area contributed by atoms with E-state index < -0.39 is 17.1 Å². The highest BCUT2D eigenvalue weighted by molar-refractivity contribution is 5.99. The first kappa shape index (κ1) is 32.2. The van der Waals surface area contributed by atoms with E-state index >= 15 is 0 Å². The van der Waals surface area contributed by atoms with Crippen LogP contribution in [0.25, 0.3) is 0 Å². The lowest BCUT2D eigenvalue weighted by atomic mass is 9.64. The number of carbonyl (C=O) groups excluding carboxylic acids is 2. The number of piperazine rings is 1. The molecule has 7 nitrogen and oxygen atoms in total. The van der Waals surface area contributed by atoms with Gasteiger partial charge in [-0.05, 0) is 100.0 Å². The minimum absolute atomic E-state index is 0.0579. The van der Waals surface area contributed by atoms with Gasteiger partial charge in [-0.1, -0.05) is 50.0 Å². The average Bonchev–Trinajstić information content (AvgIpc) is 3.67. The third-order valence-corrected chi connectivity index (χ3v) is 11.8. The molecular formula is C38H52N2O5. The Morgan fingerprint density at radius 3 is 2.51 bits per heavy atom. The second-order valence-corrected chi connectivity index (χ2v) is 14.7. The summed E-state index contributed by atoms with van der Waals surface area (Å²) in [6.45, 7) is 7.59. The highest BCUT2D eigenvalue weighted by atomic mass is 16.3. The predicted octanol–water partition coefficient (Wildman–Crippen LogP) is 6.54. The fraction of sp³-hybridized carbons (Fsp3) is 0.632. The van der Waals surface area contributed by atoms with Gasteiger partial charge in [0.1, 0.15) is 0 Å². The van der Waals surface area contributed by atoms with Crippen LogP contribution in [0.5, 0.6) is 0 Å². The molecular weight excluding hydrogens is 564 g/mol. The van der Waals surface area contributed by atoms with Crippen LogP contribution in [0.15, 0.2) is 52.7 Å². The second kappa shape index (κ2) is 13.5. The van der Waals surface area contributed by atoms with Crippen molar-refractivity contribution in [2.75, 3.05) is 32.7 Å². The molecule has 4 aliphatic carbocycles. The fourth-order valence-corrected chi connectivity index (χ4v) is 8.83. The summed E-state index contributed by atoms with van der Waals surface area (Å²) in [7, 11) is 0. The predicted molar refractivity (Wildman–Crippen MR) is 175 cm³/mol. The van der Waals surface area contributed by atoms with Gasteiger partial charge in [0.15, 0.2) is 11.5 Å². The van der Waals surface area contributed by atoms with Gasteiger partial charge in [-0.2, -0.15) is 0 Å². The minimum Gasteiger partial charge on any atom is -0.459 e. The van der Waals surface area contributed by atoms with Crippen LogP contribution >= 0.6 is 0 Å². The number of allylic oxidation sites excluding steroid dienone is 2. The van der Waals surface area contributed by atoms with Crippen molar-refractivity contribution in [2.24, 2.45) is 11.3 Å². The van der Waals surface area contributed by atoms with Gasteiger partial charge < -0.3 is 19.5 Å². The summed E-state index contributed by atoms with van der Waals surface area (Å²) >= 11 is 0. The van der Waals surface area contributed by atoms with Crippen molar-refractivity contribution >= 4 is 11.7 Å². The summed E-state index contributed by atoms with van der Waals surface area (Å²) < 4.78 is 5.35. The number of fused-ring (bicyclic) bond motifs is 8. The lowest BCUT2D eigenvalue weighted by Gasteiger charge is -2.47. The van der Waals surface area contributed by atoms with E-state index in [1.807, 2.05) is 4.90 Å². The molecule has 2 aromatic rings. The number of furan rings is 1. The third-order valence-electron chi connectivity index (χ3n) is 11.8. The molecule has 2 bridgehead atoms. The zero-order valence-electron chi connectivity index (χ0n) is 27.3. The maximum Gasteiger partial charge on any atom is 0.289 e. The molecule has 1 aromatic carbocycles. The molecule has 0 radical (unpaired) electrons. The summed E-state index contributed by atoms with van der Waals surface area (Å²) in [6.07, 6.45) is 14.0. The molecule has 1 aromatic heterocycles. The summed E-state index contributed by atoms with van der Waals surface area (Å²) in [5.74, 6) is 0.677. The average molecular weight is 617 g/mol. The Hall–Kier alpha value is -2.74. The number of hydrogen-bond donors (Lipinski definition) is 2. The van der Waals surface area contributed by atoms with Crippen LogP contribution in [0, 0.1) is 11.3 Å². The topological polar surface area (TPSA) is 94.2 Å². The Balaban J connectivity index is 1.29. The first-order valence-corrected chi connectivity index (χ1v) is 17.4. The number of rotatable bonds is 5. The number of β-amino-alcohol motifs (C(OH)–C–C–N with tert-alkyl or cyclic N) is 1. The number of aliphatic hydroxyl groups excluding tert-OH is 1. The summed E-state index contributed by atoms with van der Waals surface area (Å²) in [5.41, 5.74) is 2.88. The summed E-state index contributed by atoms with van der Waals surface area (Å²) in [5, 5.41) is 23.6. The van der Waals surface area contributed by atoms with Crippen molar-refractivity contribution in [3.8, 4) is 0 Å². The van der Waals surface area contributed by atoms with E-state index in [-0.39, 0.29) is 23.5 Å². The van der Waals surface area contributed by atoms with Crippen molar-refractivity contribution in [2.45, 2.75) is 109 Å². The van der Waals surface area contributed by atoms with Gasteiger partial charge in [0.2, 0.25) is 0 Å². The molecule has 7 heteroatoms. The van der Waals surface area contributed by atoms with Gasteiger partial charge in [-0.3, -0.25) is 14.5 Å². The normalized spacial score (nSPS) is 30.5. The summed E-state index contributed by atoms with van der Waals surface area (Å²) in [6, 6.07) is 9.83. The number of aliphatic hydroxyl groups is 2. The summed E-state index contributed by atoms with van der Waals surface area (Å²) in [4.78, 5) is 31.3. The van der Waals surface area contributed by atoms with Gasteiger partial charge in [0.25, 0.3) is 5.91 Å². The van der Waals surface area contributed by atoms with E-state index in [2.05, 4.69) is 43.0 Å². The maximum absolute atomic E-state index is 14.2. The molecule has 5 aliphatic rings. The molecule has 3 fully saturated rings. The van der Waals surface area contributed by atoms with E-state index in [4.69, 9.17) is 4.42 Å². The molecule has 45 heavy (non-hydrogen) atoms. The van der Waals surface area contributed by atoms with E-state index in [1.54, 1.807) is 12.1 Å². The Bertz CT molecular complexity index is 1370. The van der Waals surface area contributed by atoms with Crippen LogP contribution in [-0.4, -0.2) is 76.1 Å². The Labute approximate surface area is 268 Å². The lowest BCUT2D eigenvalue weighted by Crippen LogP contribution is -2.57. The molecule has 1 saturated heterocycles. The molecule has 4 atom stereocenters. The van der Waals surface area contributed by atoms with Gasteiger partial charge >= 0.3 is 0 Å². The molecule has 2 saturated carbocycles. The first-order valence-electron chi connectivity index (χ1n) is 17.4. The largest absolute Gasteiger partial charge is 0.459 e. The van der Waals surface area contributed by atoms with Crippen molar-refractivity contribution in [3.63, 3.8) is 0 Å². The molecule has 1 amide bonds. The smallest absolute Gasteiger partial charge is 0.289 e. The highest BCUT2D eigenvalue weighted by Gasteiger charge is 2.57. The van der Waals surface area contributed by atoms with Crippen LogP contribution in [0.4, 0.5) is 0 Å². The van der Waals surface area contributed by atoms with Crippen LogP contribution in [-0.2, 0) is 6.42 Å². The standard InChI is InChI=1S/C38H52N2O5/c1-27-8-6-17-37(2)33(16-18-38(37,44)26-39-19-21-40(22-20-39)36(43)34-11-7-23-45-34)31-15-13-28(24-30(41)14-12-27)25-32(31)35(42)29-9-4-3-5-10-29/h7-8,11,13,15,23,25,29-30,33,41,44H,3-6,9-10,12,14,16-22,24,26H2,1-2H3/t30-,33-,37-,38+/m0/s1. The molecule has 2 heterocycles. The van der Waals surface area contributed by atoms with Gasteiger partial charge in [0, 0.05) is 49.6 Å². The number of Topliss-reactive ketones (excluding diaryl/α,β-unsaturated/α-hetero) is 1. The number of amides is 1. The second-order valence-electron chi connectivity index (χ2n) is 14.7. The van der Waals surface area contributed by atoms with E-state index in [0.717, 1.165) is 68.1 Å². The van der Waals surface area contributed by atoms with Crippen molar-refractivity contribution < 1.29 is 24.2 Å². The van der Waals surface area contributed by atoms with Crippen LogP contribution in [0.3, 0.4) is 0 Å². The number of benzene rings is 1. The van der Waals surface area contributed by atoms with Crippen molar-refractivity contribution in [1.29, 1.82) is 0 Å². The Kier molecular flexibility index (Phi) is 9.70. The zero-order chi connectivity index (χ0) is 31.6. The molecule has 244 valence electrons. The van der Waals surface area contributed by atoms with Crippen LogP contribution in [0.1, 0.15) is 122 Å². The monoisotopic (exact) mass is 616 g/mol. The van der Waals surface area contributed by atoms with Gasteiger partial charge in [-0.25, -0.2) is 0 Å². The van der Waals surface area contributed by atoms with Crippen molar-refractivity contribution in [1.82, 2.24) is 9.80 Å². The number of ketones is 1. The Morgan fingerprint density at radius 2 is 1.78 bits per heavy atom. The minimum atomic E-state index is -0.927. The molecule has 7 rings (SSSR count). The molecule has 1 aliphatic heterocycles. The Morgan fingerprint density at radius 1 is 1.00 bits per heavy atom. The lowest BCUT2D eigenvalue weighted by molar-refractivity contribution is -0.0876. The fourth-order valence-electron chi connectivity index (χ4n) is 8.83.